The molecule has 0 aliphatic heterocycles. The maximum atomic E-state index is 10.9. The molecule has 0 aromatic rings. The Morgan fingerprint density at radius 3 is 2.88 bits per heavy atom. The summed E-state index contributed by atoms with van der Waals surface area (Å²) < 4.78 is 0. The molecule has 2 aliphatic rings. The van der Waals surface area contributed by atoms with Gasteiger partial charge in [0.2, 0.25) is 0 Å². The van der Waals surface area contributed by atoms with Crippen molar-refractivity contribution >= 4 is 0 Å². The van der Waals surface area contributed by atoms with Crippen molar-refractivity contribution in [1.29, 1.82) is 0 Å². The van der Waals surface area contributed by atoms with E-state index in [0.29, 0.717) is 0 Å². The van der Waals surface area contributed by atoms with Gasteiger partial charge < -0.3 is 5.11 Å². The molecule has 0 aromatic heterocycles. The van der Waals surface area contributed by atoms with Crippen molar-refractivity contribution in [2.24, 2.45) is 5.92 Å². The van der Waals surface area contributed by atoms with Gasteiger partial charge in [-0.2, -0.15) is 0 Å². The van der Waals surface area contributed by atoms with Gasteiger partial charge in [0, 0.05) is 0 Å². The van der Waals surface area contributed by atoms with E-state index in [0.717, 1.165) is 25.2 Å². The van der Waals surface area contributed by atoms with Crippen LogP contribution in [0.25, 0.3) is 0 Å². The van der Waals surface area contributed by atoms with Gasteiger partial charge in [-0.15, -0.1) is 0 Å². The van der Waals surface area contributed by atoms with Crippen LogP contribution in [0.1, 0.15) is 71.1 Å². The Morgan fingerprint density at radius 1 is 1.12 bits per heavy atom. The first-order valence-corrected chi connectivity index (χ1v) is 7.13. The lowest BCUT2D eigenvalue weighted by Gasteiger charge is -2.30. The van der Waals surface area contributed by atoms with E-state index < -0.39 is 5.60 Å². The molecule has 1 nitrogen and oxygen atoms in total. The van der Waals surface area contributed by atoms with Crippen molar-refractivity contribution in [3.8, 4) is 0 Å². The smallest absolute Gasteiger partial charge is 0.0856 e. The van der Waals surface area contributed by atoms with E-state index in [1.807, 2.05) is 0 Å². The van der Waals surface area contributed by atoms with Gasteiger partial charge in [-0.1, -0.05) is 25.8 Å². The lowest BCUT2D eigenvalue weighted by molar-refractivity contribution is 0.0575. The van der Waals surface area contributed by atoms with Crippen LogP contribution in [0.15, 0.2) is 11.6 Å². The summed E-state index contributed by atoms with van der Waals surface area (Å²) in [6.45, 7) is 2.33. The van der Waals surface area contributed by atoms with Gasteiger partial charge >= 0.3 is 0 Å². The third-order valence-corrected chi connectivity index (χ3v) is 4.48. The van der Waals surface area contributed by atoms with Crippen molar-refractivity contribution in [3.05, 3.63) is 11.6 Å². The Balaban J connectivity index is 2.06. The Hall–Kier alpha value is -0.300. The van der Waals surface area contributed by atoms with Crippen LogP contribution in [-0.2, 0) is 0 Å². The Labute approximate surface area is 99.9 Å². The minimum Gasteiger partial charge on any atom is -0.386 e. The molecule has 92 valence electrons. The van der Waals surface area contributed by atoms with E-state index in [9.17, 15) is 5.11 Å². The van der Waals surface area contributed by atoms with Crippen molar-refractivity contribution in [2.75, 3.05) is 0 Å². The van der Waals surface area contributed by atoms with E-state index in [1.54, 1.807) is 0 Å². The molecule has 2 atom stereocenters. The molecule has 1 fully saturated rings. The van der Waals surface area contributed by atoms with Gasteiger partial charge in [-0.3, -0.25) is 0 Å². The summed E-state index contributed by atoms with van der Waals surface area (Å²) in [6.07, 6.45) is 14.3. The fourth-order valence-corrected chi connectivity index (χ4v) is 3.26. The normalized spacial score (nSPS) is 37.4. The molecule has 0 bridgehead atoms. The molecule has 16 heavy (non-hydrogen) atoms. The van der Waals surface area contributed by atoms with E-state index in [4.69, 9.17) is 0 Å². The molecule has 0 heterocycles. The average Bonchev–Trinajstić information content (AvgIpc) is 2.62. The fourth-order valence-electron chi connectivity index (χ4n) is 3.26. The third kappa shape index (κ3) is 2.88. The van der Waals surface area contributed by atoms with Crippen molar-refractivity contribution in [2.45, 2.75) is 76.7 Å². The second-order valence-electron chi connectivity index (χ2n) is 5.90. The van der Waals surface area contributed by atoms with Crippen LogP contribution in [0.4, 0.5) is 0 Å². The van der Waals surface area contributed by atoms with E-state index in [2.05, 4.69) is 13.0 Å². The zero-order valence-electron chi connectivity index (χ0n) is 10.7. The van der Waals surface area contributed by atoms with Crippen LogP contribution in [0.3, 0.4) is 0 Å². The second-order valence-corrected chi connectivity index (χ2v) is 5.90. The van der Waals surface area contributed by atoms with E-state index in [1.165, 1.54) is 50.5 Å². The van der Waals surface area contributed by atoms with Crippen LogP contribution in [0.2, 0.25) is 0 Å². The first-order chi connectivity index (χ1) is 7.71. The SMILES string of the molecule is CC1CCCC(O)(C2=CCCCCC2)CC1. The topological polar surface area (TPSA) is 20.2 Å². The Kier molecular flexibility index (Phi) is 4.07. The molecule has 1 saturated carbocycles. The van der Waals surface area contributed by atoms with Crippen LogP contribution in [0, 0.1) is 5.92 Å². The molecular formula is C15H26O. The van der Waals surface area contributed by atoms with Crippen LogP contribution >= 0.6 is 0 Å². The minimum absolute atomic E-state index is 0.435. The monoisotopic (exact) mass is 222 g/mol. The Bertz CT molecular complexity index is 256. The molecule has 0 amide bonds. The molecule has 2 rings (SSSR count). The average molecular weight is 222 g/mol. The zero-order chi connectivity index (χ0) is 11.4. The van der Waals surface area contributed by atoms with Gasteiger partial charge in [0.05, 0.1) is 5.60 Å². The van der Waals surface area contributed by atoms with Crippen LogP contribution in [0.5, 0.6) is 0 Å². The van der Waals surface area contributed by atoms with Crippen molar-refractivity contribution < 1.29 is 5.11 Å². The lowest BCUT2D eigenvalue weighted by atomic mass is 9.83. The molecule has 1 heteroatoms. The molecule has 0 spiro atoms. The number of rotatable bonds is 1. The Morgan fingerprint density at radius 2 is 2.00 bits per heavy atom. The standard InChI is InChI=1S/C15H26O/c1-13-7-6-11-15(16,12-10-13)14-8-4-2-3-5-9-14/h8,13,16H,2-7,9-12H2,1H3. The largest absolute Gasteiger partial charge is 0.386 e. The molecular weight excluding hydrogens is 196 g/mol. The van der Waals surface area contributed by atoms with Crippen molar-refractivity contribution in [3.63, 3.8) is 0 Å². The van der Waals surface area contributed by atoms with Crippen LogP contribution < -0.4 is 0 Å². The summed E-state index contributed by atoms with van der Waals surface area (Å²) in [5, 5.41) is 10.9. The summed E-state index contributed by atoms with van der Waals surface area (Å²) in [6, 6.07) is 0. The predicted molar refractivity (Wildman–Crippen MR) is 68.4 cm³/mol. The first kappa shape index (κ1) is 12.2. The van der Waals surface area contributed by atoms with Crippen LogP contribution in [-0.4, -0.2) is 10.7 Å². The maximum Gasteiger partial charge on any atom is 0.0856 e. The summed E-state index contributed by atoms with van der Waals surface area (Å²) in [5.41, 5.74) is 0.939. The molecule has 2 aliphatic carbocycles. The highest BCUT2D eigenvalue weighted by Crippen LogP contribution is 2.38. The zero-order valence-corrected chi connectivity index (χ0v) is 10.7. The quantitative estimate of drug-likeness (QED) is 0.520. The van der Waals surface area contributed by atoms with Gasteiger partial charge in [-0.25, -0.2) is 0 Å². The number of hydrogen-bond acceptors (Lipinski definition) is 1. The van der Waals surface area contributed by atoms with E-state index in [-0.39, 0.29) is 0 Å². The number of aliphatic hydroxyl groups is 1. The number of allylic oxidation sites excluding steroid dienone is 1. The lowest BCUT2D eigenvalue weighted by Crippen LogP contribution is -2.30. The summed E-state index contributed by atoms with van der Waals surface area (Å²) in [7, 11) is 0. The fraction of sp³-hybridized carbons (Fsp3) is 0.867. The van der Waals surface area contributed by atoms with Gasteiger partial charge in [0.1, 0.15) is 0 Å². The summed E-state index contributed by atoms with van der Waals surface area (Å²) in [4.78, 5) is 0. The van der Waals surface area contributed by atoms with Crippen molar-refractivity contribution in [1.82, 2.24) is 0 Å². The molecule has 0 aromatic carbocycles. The summed E-state index contributed by atoms with van der Waals surface area (Å²) in [5.74, 6) is 0.806. The highest BCUT2D eigenvalue weighted by Gasteiger charge is 2.33. The first-order valence-electron chi connectivity index (χ1n) is 7.13. The van der Waals surface area contributed by atoms with Gasteiger partial charge in [-0.05, 0) is 62.9 Å². The predicted octanol–water partition coefficient (Wildman–Crippen LogP) is 4.21. The van der Waals surface area contributed by atoms with E-state index >= 15 is 0 Å². The highest BCUT2D eigenvalue weighted by molar-refractivity contribution is 5.18. The summed E-state index contributed by atoms with van der Waals surface area (Å²) >= 11 is 0. The maximum absolute atomic E-state index is 10.9. The second kappa shape index (κ2) is 5.35. The molecule has 1 N–H and O–H groups in total. The minimum atomic E-state index is -0.435. The van der Waals surface area contributed by atoms with Gasteiger partial charge in [0.25, 0.3) is 0 Å². The third-order valence-electron chi connectivity index (χ3n) is 4.48. The molecule has 0 radical (unpaired) electrons. The van der Waals surface area contributed by atoms with Gasteiger partial charge in [0.15, 0.2) is 0 Å². The molecule has 0 saturated heterocycles. The number of hydrogen-bond donors (Lipinski definition) is 1. The highest BCUT2D eigenvalue weighted by atomic mass is 16.3. The molecule has 2 unspecified atom stereocenters.